The van der Waals surface area contributed by atoms with Gasteiger partial charge < -0.3 is 9.47 Å². The van der Waals surface area contributed by atoms with Crippen molar-refractivity contribution in [3.8, 4) is 11.5 Å². The van der Waals surface area contributed by atoms with Crippen molar-refractivity contribution in [2.24, 2.45) is 5.84 Å². The van der Waals surface area contributed by atoms with Gasteiger partial charge in [-0.25, -0.2) is 5.84 Å². The number of nitrogens with two attached hydrogens (primary N) is 1. The molecule has 0 atom stereocenters. The summed E-state index contributed by atoms with van der Waals surface area (Å²) >= 11 is 3.40. The normalized spacial score (nSPS) is 10.6. The van der Waals surface area contributed by atoms with E-state index in [1.807, 2.05) is 35.8 Å². The second kappa shape index (κ2) is 8.36. The maximum Gasteiger partial charge on any atom is 0.257 e. The molecular formula is C17H17BrN2O3. The number of rotatable bonds is 6. The number of amides is 1. The van der Waals surface area contributed by atoms with Gasteiger partial charge in [0, 0.05) is 10.5 Å². The maximum atomic E-state index is 11.1. The number of carbonyl (C=O) groups excluding carboxylic acids is 1. The van der Waals surface area contributed by atoms with Crippen LogP contribution in [0.25, 0.3) is 6.08 Å². The van der Waals surface area contributed by atoms with Crippen LogP contribution in [0.4, 0.5) is 0 Å². The molecule has 0 aliphatic rings. The van der Waals surface area contributed by atoms with E-state index in [2.05, 4.69) is 15.9 Å². The van der Waals surface area contributed by atoms with Gasteiger partial charge in [-0.05, 0) is 41.5 Å². The summed E-state index contributed by atoms with van der Waals surface area (Å²) in [5, 5.41) is 0. The zero-order valence-corrected chi connectivity index (χ0v) is 14.2. The average Bonchev–Trinajstić information content (AvgIpc) is 2.59. The van der Waals surface area contributed by atoms with Crippen LogP contribution >= 0.6 is 15.9 Å². The van der Waals surface area contributed by atoms with Crippen LogP contribution < -0.4 is 20.7 Å². The van der Waals surface area contributed by atoms with Gasteiger partial charge in [-0.2, -0.15) is 0 Å². The van der Waals surface area contributed by atoms with Crippen molar-refractivity contribution in [3.05, 3.63) is 64.1 Å². The Hall–Kier alpha value is -2.31. The van der Waals surface area contributed by atoms with Gasteiger partial charge in [0.2, 0.25) is 0 Å². The summed E-state index contributed by atoms with van der Waals surface area (Å²) in [6.45, 7) is 0.439. The van der Waals surface area contributed by atoms with E-state index in [1.165, 1.54) is 6.08 Å². The number of carbonyl (C=O) groups is 1. The van der Waals surface area contributed by atoms with Crippen molar-refractivity contribution in [2.75, 3.05) is 7.11 Å². The molecule has 1 amide bonds. The average molecular weight is 377 g/mol. The molecule has 0 saturated heterocycles. The quantitative estimate of drug-likeness (QED) is 0.351. The topological polar surface area (TPSA) is 73.6 Å². The minimum absolute atomic E-state index is 0.375. The molecule has 0 radical (unpaired) electrons. The molecule has 0 heterocycles. The molecule has 2 aromatic carbocycles. The summed E-state index contributed by atoms with van der Waals surface area (Å²) in [6, 6.07) is 13.3. The molecule has 0 aromatic heterocycles. The standard InChI is InChI=1S/C17H17BrN2O3/c1-22-16-10-12(5-9-17(21)20-19)4-8-15(16)23-11-13-2-6-14(18)7-3-13/h2-10H,11,19H2,1H3,(H,20,21)/b9-5+. The second-order valence-electron chi connectivity index (χ2n) is 4.67. The van der Waals surface area contributed by atoms with E-state index in [4.69, 9.17) is 15.3 Å². The molecule has 2 aromatic rings. The highest BCUT2D eigenvalue weighted by molar-refractivity contribution is 9.10. The first-order valence-electron chi connectivity index (χ1n) is 6.86. The third kappa shape index (κ3) is 5.12. The van der Waals surface area contributed by atoms with Crippen LogP contribution in [0.3, 0.4) is 0 Å². The van der Waals surface area contributed by atoms with Crippen LogP contribution in [0.2, 0.25) is 0 Å². The Labute approximate surface area is 143 Å². The number of benzene rings is 2. The molecular weight excluding hydrogens is 360 g/mol. The number of hydrogen-bond acceptors (Lipinski definition) is 4. The Balaban J connectivity index is 2.08. The van der Waals surface area contributed by atoms with Crippen LogP contribution in [0.15, 0.2) is 53.0 Å². The number of nitrogens with one attached hydrogen (secondary N) is 1. The van der Waals surface area contributed by atoms with Crippen molar-refractivity contribution < 1.29 is 14.3 Å². The minimum atomic E-state index is -0.375. The summed E-state index contributed by atoms with van der Waals surface area (Å²) in [5.74, 6) is 5.88. The van der Waals surface area contributed by atoms with E-state index in [9.17, 15) is 4.79 Å². The first-order chi connectivity index (χ1) is 11.1. The van der Waals surface area contributed by atoms with Gasteiger partial charge in [0.05, 0.1) is 7.11 Å². The van der Waals surface area contributed by atoms with Crippen LogP contribution in [0.1, 0.15) is 11.1 Å². The Bertz CT molecular complexity index is 699. The van der Waals surface area contributed by atoms with E-state index in [1.54, 1.807) is 25.3 Å². The molecule has 6 heteroatoms. The van der Waals surface area contributed by atoms with Crippen molar-refractivity contribution in [2.45, 2.75) is 6.61 Å². The second-order valence-corrected chi connectivity index (χ2v) is 5.58. The number of methoxy groups -OCH3 is 1. The number of hydrazine groups is 1. The number of ether oxygens (including phenoxy) is 2. The van der Waals surface area contributed by atoms with E-state index in [0.717, 1.165) is 15.6 Å². The molecule has 0 bridgehead atoms. The van der Waals surface area contributed by atoms with Crippen LogP contribution in [0, 0.1) is 0 Å². The third-order valence-electron chi connectivity index (χ3n) is 3.06. The molecule has 0 saturated carbocycles. The highest BCUT2D eigenvalue weighted by atomic mass is 79.9. The molecule has 0 aliphatic carbocycles. The van der Waals surface area contributed by atoms with Gasteiger partial charge in [0.25, 0.3) is 5.91 Å². The van der Waals surface area contributed by atoms with Crippen molar-refractivity contribution in [3.63, 3.8) is 0 Å². The smallest absolute Gasteiger partial charge is 0.257 e. The van der Waals surface area contributed by atoms with Crippen molar-refractivity contribution >= 4 is 27.9 Å². The predicted octanol–water partition coefficient (Wildman–Crippen LogP) is 3.04. The molecule has 0 fully saturated rings. The van der Waals surface area contributed by atoms with E-state index >= 15 is 0 Å². The monoisotopic (exact) mass is 376 g/mol. The predicted molar refractivity (Wildman–Crippen MR) is 92.8 cm³/mol. The molecule has 23 heavy (non-hydrogen) atoms. The molecule has 0 spiro atoms. The minimum Gasteiger partial charge on any atom is -0.493 e. The fourth-order valence-electron chi connectivity index (χ4n) is 1.87. The summed E-state index contributed by atoms with van der Waals surface area (Å²) in [7, 11) is 1.57. The number of hydrogen-bond donors (Lipinski definition) is 2. The van der Waals surface area contributed by atoms with Gasteiger partial charge in [-0.15, -0.1) is 0 Å². The molecule has 3 N–H and O–H groups in total. The fraction of sp³-hybridized carbons (Fsp3) is 0.118. The molecule has 5 nitrogen and oxygen atoms in total. The number of halogens is 1. The zero-order chi connectivity index (χ0) is 16.7. The van der Waals surface area contributed by atoms with Crippen LogP contribution in [0.5, 0.6) is 11.5 Å². The molecule has 120 valence electrons. The van der Waals surface area contributed by atoms with E-state index in [0.29, 0.717) is 18.1 Å². The Morgan fingerprint density at radius 1 is 1.22 bits per heavy atom. The molecule has 0 unspecified atom stereocenters. The van der Waals surface area contributed by atoms with Gasteiger partial charge in [0.15, 0.2) is 11.5 Å². The Morgan fingerprint density at radius 2 is 1.96 bits per heavy atom. The summed E-state index contributed by atoms with van der Waals surface area (Å²) < 4.78 is 12.2. The van der Waals surface area contributed by atoms with Gasteiger partial charge >= 0.3 is 0 Å². The van der Waals surface area contributed by atoms with Crippen molar-refractivity contribution in [1.82, 2.24) is 5.43 Å². The SMILES string of the molecule is COc1cc(/C=C/C(=O)NN)ccc1OCc1ccc(Br)cc1. The van der Waals surface area contributed by atoms with Crippen molar-refractivity contribution in [1.29, 1.82) is 0 Å². The molecule has 2 rings (SSSR count). The van der Waals surface area contributed by atoms with Crippen LogP contribution in [-0.2, 0) is 11.4 Å². The Morgan fingerprint density at radius 3 is 2.61 bits per heavy atom. The lowest BCUT2D eigenvalue weighted by Crippen LogP contribution is -2.27. The summed E-state index contributed by atoms with van der Waals surface area (Å²) in [6.07, 6.45) is 2.99. The molecule has 0 aliphatic heterocycles. The van der Waals surface area contributed by atoms with Crippen LogP contribution in [-0.4, -0.2) is 13.0 Å². The van der Waals surface area contributed by atoms with Gasteiger partial charge in [-0.1, -0.05) is 34.1 Å². The summed E-state index contributed by atoms with van der Waals surface area (Å²) in [4.78, 5) is 11.1. The highest BCUT2D eigenvalue weighted by Gasteiger charge is 2.05. The first-order valence-corrected chi connectivity index (χ1v) is 7.65. The van der Waals surface area contributed by atoms with E-state index in [-0.39, 0.29) is 5.91 Å². The lowest BCUT2D eigenvalue weighted by molar-refractivity contribution is -0.116. The first kappa shape index (κ1) is 17.1. The third-order valence-corrected chi connectivity index (χ3v) is 3.59. The largest absolute Gasteiger partial charge is 0.493 e. The maximum absolute atomic E-state index is 11.1. The van der Waals surface area contributed by atoms with Gasteiger partial charge in [0.1, 0.15) is 6.61 Å². The van der Waals surface area contributed by atoms with Gasteiger partial charge in [-0.3, -0.25) is 10.2 Å². The lowest BCUT2D eigenvalue weighted by Gasteiger charge is -2.11. The lowest BCUT2D eigenvalue weighted by atomic mass is 10.2. The Kier molecular flexibility index (Phi) is 6.19. The summed E-state index contributed by atoms with van der Waals surface area (Å²) in [5.41, 5.74) is 3.89. The zero-order valence-electron chi connectivity index (χ0n) is 12.6. The highest BCUT2D eigenvalue weighted by Crippen LogP contribution is 2.29. The van der Waals surface area contributed by atoms with E-state index < -0.39 is 0 Å². The fourth-order valence-corrected chi connectivity index (χ4v) is 2.13.